The molecule has 1 heterocycles. The van der Waals surface area contributed by atoms with Gasteiger partial charge in [-0.15, -0.1) is 0 Å². The van der Waals surface area contributed by atoms with E-state index in [1.54, 1.807) is 18.2 Å². The van der Waals surface area contributed by atoms with Gasteiger partial charge in [-0.25, -0.2) is 4.39 Å². The van der Waals surface area contributed by atoms with Crippen molar-refractivity contribution in [2.75, 3.05) is 13.2 Å². The fourth-order valence-electron chi connectivity index (χ4n) is 2.63. The highest BCUT2D eigenvalue weighted by Crippen LogP contribution is 2.38. The summed E-state index contributed by atoms with van der Waals surface area (Å²) in [5, 5.41) is 0. The van der Waals surface area contributed by atoms with Gasteiger partial charge in [-0.2, -0.15) is 0 Å². The lowest BCUT2D eigenvalue weighted by atomic mass is 9.86. The molecule has 0 radical (unpaired) electrons. The number of nitrogens with two attached hydrogens (primary N) is 1. The van der Waals surface area contributed by atoms with Crippen molar-refractivity contribution in [3.05, 3.63) is 36.1 Å². The van der Waals surface area contributed by atoms with Gasteiger partial charge in [0.15, 0.2) is 5.79 Å². The summed E-state index contributed by atoms with van der Waals surface area (Å²) < 4.78 is 23.7. The maximum atomic E-state index is 11.9. The maximum Gasteiger partial charge on any atom is 0.183 e. The second-order valence-electron chi connectivity index (χ2n) is 6.70. The Morgan fingerprint density at radius 2 is 1.71 bits per heavy atom. The van der Waals surface area contributed by atoms with Gasteiger partial charge in [-0.3, -0.25) is 0 Å². The molecular formula is C17H26FNO2. The molecular weight excluding hydrogens is 269 g/mol. The van der Waals surface area contributed by atoms with Crippen molar-refractivity contribution < 1.29 is 13.9 Å². The van der Waals surface area contributed by atoms with Crippen LogP contribution in [0.25, 0.3) is 0 Å². The Kier molecular flexibility index (Phi) is 5.36. The lowest BCUT2D eigenvalue weighted by Crippen LogP contribution is -2.59. The van der Waals surface area contributed by atoms with Crippen molar-refractivity contribution in [3.63, 3.8) is 0 Å². The van der Waals surface area contributed by atoms with E-state index in [-0.39, 0.29) is 17.3 Å². The molecule has 2 N–H and O–H groups in total. The van der Waals surface area contributed by atoms with E-state index in [0.29, 0.717) is 0 Å². The van der Waals surface area contributed by atoms with Crippen LogP contribution in [0.4, 0.5) is 4.39 Å². The van der Waals surface area contributed by atoms with Crippen LogP contribution >= 0.6 is 0 Å². The summed E-state index contributed by atoms with van der Waals surface area (Å²) in [4.78, 5) is 0. The Morgan fingerprint density at radius 1 is 1.10 bits per heavy atom. The van der Waals surface area contributed by atoms with Gasteiger partial charge in [-0.1, -0.05) is 38.5 Å². The van der Waals surface area contributed by atoms with Crippen LogP contribution in [0.1, 0.15) is 39.5 Å². The zero-order chi connectivity index (χ0) is 15.3. The predicted molar refractivity (Wildman–Crippen MR) is 81.3 cm³/mol. The third-order valence-electron chi connectivity index (χ3n) is 4.00. The Balaban J connectivity index is 0.000000194. The Morgan fingerprint density at radius 3 is 2.19 bits per heavy atom. The van der Waals surface area contributed by atoms with Gasteiger partial charge in [0.2, 0.25) is 0 Å². The summed E-state index contributed by atoms with van der Waals surface area (Å²) in [6, 6.07) is 8.00. The first-order valence-electron chi connectivity index (χ1n) is 7.68. The third kappa shape index (κ3) is 4.50. The molecule has 4 heteroatoms. The first kappa shape index (κ1) is 16.4. The topological polar surface area (TPSA) is 44.5 Å². The summed E-state index contributed by atoms with van der Waals surface area (Å²) >= 11 is 0. The number of benzene rings is 1. The van der Waals surface area contributed by atoms with E-state index in [1.807, 2.05) is 0 Å². The van der Waals surface area contributed by atoms with E-state index >= 15 is 0 Å². The van der Waals surface area contributed by atoms with Gasteiger partial charge >= 0.3 is 0 Å². The van der Waals surface area contributed by atoms with Gasteiger partial charge in [0, 0.05) is 11.8 Å². The van der Waals surface area contributed by atoms with Crippen molar-refractivity contribution in [2.45, 2.75) is 51.4 Å². The number of hydrogen-bond acceptors (Lipinski definition) is 3. The molecule has 0 bridgehead atoms. The van der Waals surface area contributed by atoms with Crippen LogP contribution in [0.15, 0.2) is 30.3 Å². The van der Waals surface area contributed by atoms with E-state index in [9.17, 15) is 4.39 Å². The van der Waals surface area contributed by atoms with E-state index in [0.717, 1.165) is 26.1 Å². The predicted octanol–water partition coefficient (Wildman–Crippen LogP) is 3.48. The number of halogens is 1. The van der Waals surface area contributed by atoms with Gasteiger partial charge < -0.3 is 15.2 Å². The van der Waals surface area contributed by atoms with E-state index in [2.05, 4.69) is 13.8 Å². The molecule has 1 aromatic rings. The maximum absolute atomic E-state index is 11.9. The molecule has 1 saturated heterocycles. The molecule has 118 valence electrons. The SMILES string of the molecule is CC1(C)COC2(CCCCC2N)OC1.Fc1ccccc1. The molecule has 0 amide bonds. The summed E-state index contributed by atoms with van der Waals surface area (Å²) in [5.74, 6) is -0.629. The summed E-state index contributed by atoms with van der Waals surface area (Å²) in [6.45, 7) is 5.85. The quantitative estimate of drug-likeness (QED) is 0.797. The molecule has 1 atom stereocenters. The lowest BCUT2D eigenvalue weighted by Gasteiger charge is -2.48. The molecule has 1 saturated carbocycles. The molecule has 1 unspecified atom stereocenters. The van der Waals surface area contributed by atoms with Crippen LogP contribution in [0.3, 0.4) is 0 Å². The minimum atomic E-state index is -0.451. The van der Waals surface area contributed by atoms with Crippen LogP contribution in [-0.4, -0.2) is 25.0 Å². The molecule has 1 spiro atoms. The lowest BCUT2D eigenvalue weighted by molar-refractivity contribution is -0.316. The normalized spacial score (nSPS) is 26.8. The zero-order valence-corrected chi connectivity index (χ0v) is 13.0. The highest BCUT2D eigenvalue weighted by atomic mass is 19.1. The molecule has 1 aliphatic carbocycles. The van der Waals surface area contributed by atoms with Crippen LogP contribution in [0.5, 0.6) is 0 Å². The molecule has 1 aromatic carbocycles. The molecule has 3 nitrogen and oxygen atoms in total. The second kappa shape index (κ2) is 6.86. The second-order valence-corrected chi connectivity index (χ2v) is 6.70. The van der Waals surface area contributed by atoms with Crippen molar-refractivity contribution in [1.82, 2.24) is 0 Å². The van der Waals surface area contributed by atoms with Gasteiger partial charge in [0.05, 0.1) is 19.3 Å². The smallest absolute Gasteiger partial charge is 0.183 e. The number of rotatable bonds is 0. The highest BCUT2D eigenvalue weighted by molar-refractivity contribution is 5.02. The van der Waals surface area contributed by atoms with E-state index in [1.165, 1.54) is 25.0 Å². The first-order chi connectivity index (χ1) is 9.94. The van der Waals surface area contributed by atoms with Crippen LogP contribution in [-0.2, 0) is 9.47 Å². The Bertz CT molecular complexity index is 426. The largest absolute Gasteiger partial charge is 0.348 e. The van der Waals surface area contributed by atoms with Crippen LogP contribution in [0.2, 0.25) is 0 Å². The van der Waals surface area contributed by atoms with E-state index in [4.69, 9.17) is 15.2 Å². The van der Waals surface area contributed by atoms with Crippen molar-refractivity contribution in [2.24, 2.45) is 11.1 Å². The average Bonchev–Trinajstić information content (AvgIpc) is 2.47. The Labute approximate surface area is 126 Å². The monoisotopic (exact) mass is 295 g/mol. The van der Waals surface area contributed by atoms with Gasteiger partial charge in [0.1, 0.15) is 5.82 Å². The summed E-state index contributed by atoms with van der Waals surface area (Å²) in [5.41, 5.74) is 6.22. The van der Waals surface area contributed by atoms with Crippen LogP contribution < -0.4 is 5.73 Å². The van der Waals surface area contributed by atoms with Crippen molar-refractivity contribution in [3.8, 4) is 0 Å². The highest BCUT2D eigenvalue weighted by Gasteiger charge is 2.46. The van der Waals surface area contributed by atoms with Crippen LogP contribution in [0, 0.1) is 11.2 Å². The summed E-state index contributed by atoms with van der Waals surface area (Å²) in [7, 11) is 0. The molecule has 1 aliphatic heterocycles. The van der Waals surface area contributed by atoms with Crippen molar-refractivity contribution in [1.29, 1.82) is 0 Å². The average molecular weight is 295 g/mol. The third-order valence-corrected chi connectivity index (χ3v) is 4.00. The van der Waals surface area contributed by atoms with Gasteiger partial charge in [-0.05, 0) is 25.0 Å². The Hall–Kier alpha value is -0.970. The fraction of sp³-hybridized carbons (Fsp3) is 0.647. The molecule has 21 heavy (non-hydrogen) atoms. The molecule has 0 aromatic heterocycles. The zero-order valence-electron chi connectivity index (χ0n) is 13.0. The minimum Gasteiger partial charge on any atom is -0.348 e. The summed E-state index contributed by atoms with van der Waals surface area (Å²) in [6.07, 6.45) is 4.37. The van der Waals surface area contributed by atoms with E-state index < -0.39 is 5.79 Å². The molecule has 2 fully saturated rings. The number of ether oxygens (including phenoxy) is 2. The van der Waals surface area contributed by atoms with Gasteiger partial charge in [0.25, 0.3) is 0 Å². The standard InChI is InChI=1S/C11H21NO2.C6H5F/c1-10(2)7-13-11(14-8-10)6-4-3-5-9(11)12;7-6-4-2-1-3-5-6/h9H,3-8,12H2,1-2H3;1-5H. The molecule has 2 aliphatic rings. The fourth-order valence-corrected chi connectivity index (χ4v) is 2.63. The number of hydrogen-bond donors (Lipinski definition) is 1. The van der Waals surface area contributed by atoms with Crippen molar-refractivity contribution >= 4 is 0 Å². The minimum absolute atomic E-state index is 0.0624. The molecule has 3 rings (SSSR count). The first-order valence-corrected chi connectivity index (χ1v) is 7.68.